The maximum absolute atomic E-state index is 13.7. The molecule has 0 fully saturated rings. The number of benzene rings is 4. The second-order valence-electron chi connectivity index (χ2n) is 12.4. The van der Waals surface area contributed by atoms with Gasteiger partial charge in [-0.25, -0.2) is 22.6 Å². The minimum absolute atomic E-state index is 0.129. The third-order valence-electron chi connectivity index (χ3n) is 7.77. The first kappa shape index (κ1) is 49.9. The normalized spacial score (nSPS) is 11.5. The van der Waals surface area contributed by atoms with E-state index >= 15 is 0 Å². The zero-order valence-corrected chi connectivity index (χ0v) is 33.0. The number of hydrogen-bond donors (Lipinski definition) is 5. The van der Waals surface area contributed by atoms with E-state index in [1.165, 1.54) is 59.9 Å². The summed E-state index contributed by atoms with van der Waals surface area (Å²) in [4.78, 5) is 40.5. The second kappa shape index (κ2) is 25.3. The van der Waals surface area contributed by atoms with E-state index in [9.17, 15) is 58.0 Å². The molecule has 0 bridgehead atoms. The number of non-ortho nitro benzene ring substituents is 4. The van der Waals surface area contributed by atoms with E-state index < -0.39 is 43.0 Å². The maximum Gasteiger partial charge on any atom is 0.272 e. The fraction of sp³-hybridized carbons (Fsp3) is 0.306. The van der Waals surface area contributed by atoms with Crippen LogP contribution in [0.4, 0.5) is 63.1 Å². The number of aliphatic hydroxyl groups is 1. The van der Waals surface area contributed by atoms with E-state index in [4.69, 9.17) is 10.9 Å². The average Bonchev–Trinajstić information content (AvgIpc) is 3.21. The number of nitrogens with two attached hydrogens (primary N) is 1. The van der Waals surface area contributed by atoms with E-state index in [2.05, 4.69) is 21.1 Å². The van der Waals surface area contributed by atoms with Crippen molar-refractivity contribution in [1.29, 1.82) is 0 Å². The molecule has 4 aromatic carbocycles. The van der Waals surface area contributed by atoms with Gasteiger partial charge in [-0.3, -0.25) is 51.3 Å². The van der Waals surface area contributed by atoms with Crippen LogP contribution in [0.15, 0.2) is 77.9 Å². The number of nitro groups is 4. The Kier molecular flexibility index (Phi) is 20.7. The lowest BCUT2D eigenvalue weighted by Gasteiger charge is -2.27. The number of likely N-dealkylation sites (N-methyl/N-ethyl adjacent to an activating group) is 2. The summed E-state index contributed by atoms with van der Waals surface area (Å²) in [5.41, 5.74) is -0.0695. The van der Waals surface area contributed by atoms with Gasteiger partial charge in [-0.1, -0.05) is 6.92 Å². The minimum Gasteiger partial charge on any atom is -0.395 e. The largest absolute Gasteiger partial charge is 0.395 e. The summed E-state index contributed by atoms with van der Waals surface area (Å²) >= 11 is 0. The fourth-order valence-corrected chi connectivity index (χ4v) is 4.64. The molecule has 0 spiro atoms. The van der Waals surface area contributed by atoms with Crippen LogP contribution in [0.25, 0.3) is 0 Å². The lowest BCUT2D eigenvalue weighted by Crippen LogP contribution is -2.36. The highest BCUT2D eigenvalue weighted by atomic mass is 19.1. The van der Waals surface area contributed by atoms with E-state index in [0.29, 0.717) is 44.1 Å². The van der Waals surface area contributed by atoms with Gasteiger partial charge in [0.05, 0.1) is 79.9 Å². The number of halogens is 4. The SMILES string of the molecule is CCCNc1ccc([N+](=O)[O-])cc1F.CN(N)CCNc1ccc([N+](=O)[O-])cc1F.CN1CCN(c2ccc([N+](=O)[O-])cc2F)C=N1.O=[N+]([O-])c1ccc(NCCO)c(F)c1. The molecule has 1 aliphatic heterocycles. The molecule has 21 nitrogen and oxygen atoms in total. The van der Waals surface area contributed by atoms with Crippen molar-refractivity contribution in [3.05, 3.63) is 137 Å². The summed E-state index contributed by atoms with van der Waals surface area (Å²) < 4.78 is 53.2. The molecule has 25 heteroatoms. The number of anilines is 4. The molecule has 0 saturated carbocycles. The van der Waals surface area contributed by atoms with Crippen LogP contribution >= 0.6 is 0 Å². The summed E-state index contributed by atoms with van der Waals surface area (Å²) in [6.45, 7) is 4.94. The zero-order chi connectivity index (χ0) is 45.6. The quantitative estimate of drug-likeness (QED) is 0.0392. The number of hydrazine groups is 1. The van der Waals surface area contributed by atoms with Crippen LogP contribution in [0, 0.1) is 63.7 Å². The molecule has 0 amide bonds. The summed E-state index contributed by atoms with van der Waals surface area (Å²) in [5.74, 6) is 2.82. The first-order chi connectivity index (χ1) is 28.9. The molecule has 0 unspecified atom stereocenters. The van der Waals surface area contributed by atoms with Gasteiger partial charge in [-0.15, -0.1) is 0 Å². The standard InChI is InChI=1S/C10H11FN4O2.C9H13FN4O2.C9H11FN2O2.C8H9FN2O3/c1-13-4-5-14(7-12-13)10-3-2-8(15(16)17)6-9(10)11;1-13(11)5-4-12-9-3-2-7(14(15)16)6-8(9)10;1-2-5-11-9-4-3-7(12(13)14)6-8(9)10;9-7-5-6(11(13)14)1-2-8(7)10-3-4-12/h2-3,6-7H,4-5H2,1H3;2-3,6,12H,4-5,11H2,1H3;3-4,6,11H,2,5H2,1H3;1-2,5,10,12H,3-4H2. The Morgan fingerprint density at radius 2 is 1.07 bits per heavy atom. The van der Waals surface area contributed by atoms with Gasteiger partial charge in [-0.05, 0) is 30.7 Å². The van der Waals surface area contributed by atoms with Crippen molar-refractivity contribution < 1.29 is 42.4 Å². The van der Waals surface area contributed by atoms with Gasteiger partial charge < -0.3 is 26.0 Å². The van der Waals surface area contributed by atoms with Crippen LogP contribution in [-0.2, 0) is 0 Å². The first-order valence-electron chi connectivity index (χ1n) is 17.9. The number of hydrazone groups is 1. The average molecular weight is 865 g/mol. The molecule has 0 aliphatic carbocycles. The summed E-state index contributed by atoms with van der Waals surface area (Å²) in [7, 11) is 3.51. The Balaban J connectivity index is 0.000000281. The highest BCUT2D eigenvalue weighted by Gasteiger charge is 2.17. The van der Waals surface area contributed by atoms with Gasteiger partial charge in [0, 0.05) is 71.1 Å². The van der Waals surface area contributed by atoms with E-state index in [1.807, 2.05) is 14.0 Å². The Bertz CT molecular complexity index is 2070. The first-order valence-corrected chi connectivity index (χ1v) is 17.9. The minimum atomic E-state index is -0.701. The van der Waals surface area contributed by atoms with Crippen LogP contribution in [0.2, 0.25) is 0 Å². The van der Waals surface area contributed by atoms with Gasteiger partial charge in [0.1, 0.15) is 6.34 Å². The van der Waals surface area contributed by atoms with Crippen molar-refractivity contribution >= 4 is 51.8 Å². The van der Waals surface area contributed by atoms with Crippen molar-refractivity contribution in [2.45, 2.75) is 13.3 Å². The zero-order valence-electron chi connectivity index (χ0n) is 33.0. The molecule has 0 aromatic heterocycles. The van der Waals surface area contributed by atoms with Crippen molar-refractivity contribution in [3.8, 4) is 0 Å². The third kappa shape index (κ3) is 17.2. The van der Waals surface area contributed by atoms with Crippen molar-refractivity contribution in [1.82, 2.24) is 10.0 Å². The van der Waals surface area contributed by atoms with Crippen molar-refractivity contribution in [3.63, 3.8) is 0 Å². The van der Waals surface area contributed by atoms with Crippen LogP contribution in [0.3, 0.4) is 0 Å². The summed E-state index contributed by atoms with van der Waals surface area (Å²) in [6, 6.07) is 13.9. The number of aliphatic hydroxyl groups excluding tert-OH is 1. The molecule has 1 heterocycles. The van der Waals surface area contributed by atoms with Crippen LogP contribution in [0.1, 0.15) is 13.3 Å². The monoisotopic (exact) mass is 864 g/mol. The third-order valence-corrected chi connectivity index (χ3v) is 7.77. The van der Waals surface area contributed by atoms with Crippen LogP contribution in [-0.4, -0.2) is 101 Å². The van der Waals surface area contributed by atoms with Crippen molar-refractivity contribution in [2.75, 3.05) is 80.8 Å². The molecule has 1 aliphatic rings. The molecular formula is C36H44F4N12O9. The van der Waals surface area contributed by atoms with Gasteiger partial charge in [0.2, 0.25) is 0 Å². The molecule has 61 heavy (non-hydrogen) atoms. The fourth-order valence-electron chi connectivity index (χ4n) is 4.64. The number of nitrogens with one attached hydrogen (secondary N) is 3. The lowest BCUT2D eigenvalue weighted by molar-refractivity contribution is -0.385. The maximum atomic E-state index is 13.7. The lowest BCUT2D eigenvalue weighted by atomic mass is 10.2. The van der Waals surface area contributed by atoms with Crippen molar-refractivity contribution in [2.24, 2.45) is 10.9 Å². The molecular weight excluding hydrogens is 820 g/mol. The predicted octanol–water partition coefficient (Wildman–Crippen LogP) is 6.07. The summed E-state index contributed by atoms with van der Waals surface area (Å²) in [5, 5.41) is 65.3. The Morgan fingerprint density at radius 1 is 0.672 bits per heavy atom. The number of rotatable bonds is 15. The highest BCUT2D eigenvalue weighted by molar-refractivity contribution is 5.80. The summed E-state index contributed by atoms with van der Waals surface area (Å²) in [6.07, 6.45) is 2.38. The van der Waals surface area contributed by atoms with E-state index in [1.54, 1.807) is 17.0 Å². The molecule has 4 aromatic rings. The predicted molar refractivity (Wildman–Crippen MR) is 220 cm³/mol. The van der Waals surface area contributed by atoms with Crippen LogP contribution < -0.4 is 26.7 Å². The van der Waals surface area contributed by atoms with E-state index in [-0.39, 0.29) is 47.3 Å². The second-order valence-corrected chi connectivity index (χ2v) is 12.4. The van der Waals surface area contributed by atoms with Gasteiger partial charge in [0.15, 0.2) is 23.3 Å². The smallest absolute Gasteiger partial charge is 0.272 e. The molecule has 5 rings (SSSR count). The van der Waals surface area contributed by atoms with E-state index in [0.717, 1.165) is 30.7 Å². The molecule has 0 atom stereocenters. The van der Waals surface area contributed by atoms with Gasteiger partial charge in [-0.2, -0.15) is 5.10 Å². The van der Waals surface area contributed by atoms with Gasteiger partial charge >= 0.3 is 0 Å². The number of nitrogens with zero attached hydrogens (tertiary/aromatic N) is 8. The molecule has 0 saturated heterocycles. The Labute approximate surface area is 345 Å². The Morgan fingerprint density at radius 3 is 1.39 bits per heavy atom. The number of nitro benzene ring substituents is 4. The van der Waals surface area contributed by atoms with Gasteiger partial charge in [0.25, 0.3) is 22.7 Å². The highest BCUT2D eigenvalue weighted by Crippen LogP contribution is 2.25. The molecule has 330 valence electrons. The van der Waals surface area contributed by atoms with Crippen LogP contribution in [0.5, 0.6) is 0 Å². The topological polar surface area (TPSA) is 277 Å². The number of hydrogen-bond acceptors (Lipinski definition) is 17. The molecule has 6 N–H and O–H groups in total. The Hall–Kier alpha value is -7.25. The molecule has 0 radical (unpaired) electrons.